The van der Waals surface area contributed by atoms with E-state index in [1.54, 1.807) is 10.3 Å². The Morgan fingerprint density at radius 1 is 1.28 bits per heavy atom. The molecule has 4 heterocycles. The predicted molar refractivity (Wildman–Crippen MR) is 94.5 cm³/mol. The number of hydrogen-bond donors (Lipinski definition) is 2. The number of nitrogen functional groups attached to an aromatic ring is 1. The first-order valence-electron chi connectivity index (χ1n) is 8.40. The number of fused-ring (bicyclic) bond motifs is 1. The molecule has 2 aliphatic heterocycles. The van der Waals surface area contributed by atoms with Crippen molar-refractivity contribution in [2.45, 2.75) is 31.7 Å². The number of anilines is 1. The van der Waals surface area contributed by atoms with Crippen LogP contribution in [0.1, 0.15) is 36.0 Å². The van der Waals surface area contributed by atoms with Gasteiger partial charge in [-0.1, -0.05) is 0 Å². The van der Waals surface area contributed by atoms with Gasteiger partial charge in [-0.15, -0.1) is 11.3 Å². The first kappa shape index (κ1) is 16.1. The SMILES string of the molecule is Nc1nc2c(C(=O)N3CCC(N4CCCC4=O)CC3)csc2c(=O)[nH]1. The number of aromatic amines is 1. The summed E-state index contributed by atoms with van der Waals surface area (Å²) >= 11 is 1.20. The number of rotatable bonds is 2. The number of H-pyrrole nitrogens is 1. The van der Waals surface area contributed by atoms with Gasteiger partial charge >= 0.3 is 0 Å². The summed E-state index contributed by atoms with van der Waals surface area (Å²) in [6, 6.07) is 0.231. The third-order valence-corrected chi connectivity index (χ3v) is 5.95. The summed E-state index contributed by atoms with van der Waals surface area (Å²) in [6.07, 6.45) is 3.15. The van der Waals surface area contributed by atoms with Crippen molar-refractivity contribution in [3.05, 3.63) is 21.3 Å². The van der Waals surface area contributed by atoms with E-state index in [1.807, 2.05) is 4.90 Å². The van der Waals surface area contributed by atoms with E-state index in [9.17, 15) is 14.4 Å². The normalized spacial score (nSPS) is 19.1. The first-order chi connectivity index (χ1) is 12.0. The Kier molecular flexibility index (Phi) is 3.95. The topological polar surface area (TPSA) is 112 Å². The summed E-state index contributed by atoms with van der Waals surface area (Å²) in [7, 11) is 0. The molecule has 0 atom stereocenters. The molecule has 0 radical (unpaired) electrons. The highest BCUT2D eigenvalue weighted by atomic mass is 32.1. The molecule has 0 saturated carbocycles. The van der Waals surface area contributed by atoms with E-state index in [0.29, 0.717) is 35.3 Å². The van der Waals surface area contributed by atoms with Crippen molar-refractivity contribution in [2.24, 2.45) is 0 Å². The second-order valence-electron chi connectivity index (χ2n) is 6.49. The molecule has 4 rings (SSSR count). The van der Waals surface area contributed by atoms with Crippen molar-refractivity contribution in [3.63, 3.8) is 0 Å². The number of hydrogen-bond acceptors (Lipinski definition) is 6. The maximum atomic E-state index is 12.8. The number of likely N-dealkylation sites (tertiary alicyclic amines) is 2. The zero-order valence-electron chi connectivity index (χ0n) is 13.7. The number of carbonyl (C=O) groups excluding carboxylic acids is 2. The molecule has 2 saturated heterocycles. The summed E-state index contributed by atoms with van der Waals surface area (Å²) in [5.41, 5.74) is 6.08. The summed E-state index contributed by atoms with van der Waals surface area (Å²) < 4.78 is 0.412. The molecule has 0 bridgehead atoms. The van der Waals surface area contributed by atoms with Gasteiger partial charge in [0.15, 0.2) is 0 Å². The Hall–Kier alpha value is -2.42. The molecule has 2 aromatic rings. The lowest BCUT2D eigenvalue weighted by Crippen LogP contribution is -2.47. The number of piperidine rings is 1. The van der Waals surface area contributed by atoms with E-state index < -0.39 is 0 Å². The minimum atomic E-state index is -0.321. The van der Waals surface area contributed by atoms with E-state index in [1.165, 1.54) is 11.3 Å². The van der Waals surface area contributed by atoms with Gasteiger partial charge in [0.1, 0.15) is 10.2 Å². The van der Waals surface area contributed by atoms with Crippen molar-refractivity contribution >= 4 is 39.3 Å². The summed E-state index contributed by atoms with van der Waals surface area (Å²) in [6.45, 7) is 2.03. The van der Waals surface area contributed by atoms with Crippen LogP contribution in [0.15, 0.2) is 10.2 Å². The van der Waals surface area contributed by atoms with Gasteiger partial charge in [-0.3, -0.25) is 19.4 Å². The Bertz CT molecular complexity index is 897. The second kappa shape index (κ2) is 6.14. The van der Waals surface area contributed by atoms with Crippen LogP contribution >= 0.6 is 11.3 Å². The van der Waals surface area contributed by atoms with Crippen LogP contribution in [0.4, 0.5) is 5.95 Å². The van der Waals surface area contributed by atoms with Gasteiger partial charge in [0.25, 0.3) is 11.5 Å². The summed E-state index contributed by atoms with van der Waals surface area (Å²) in [5, 5.41) is 1.67. The van der Waals surface area contributed by atoms with Crippen LogP contribution in [0.3, 0.4) is 0 Å². The van der Waals surface area contributed by atoms with Gasteiger partial charge in [-0.05, 0) is 19.3 Å². The van der Waals surface area contributed by atoms with Gasteiger partial charge in [0, 0.05) is 37.5 Å². The number of nitrogens with zero attached hydrogens (tertiary/aromatic N) is 3. The lowest BCUT2D eigenvalue weighted by molar-refractivity contribution is -0.130. The fourth-order valence-electron chi connectivity index (χ4n) is 3.70. The van der Waals surface area contributed by atoms with E-state index in [2.05, 4.69) is 9.97 Å². The maximum Gasteiger partial charge on any atom is 0.270 e. The van der Waals surface area contributed by atoms with Crippen LogP contribution in [0.25, 0.3) is 10.2 Å². The zero-order chi connectivity index (χ0) is 17.6. The number of carbonyl (C=O) groups is 2. The van der Waals surface area contributed by atoms with Gasteiger partial charge < -0.3 is 15.5 Å². The van der Waals surface area contributed by atoms with E-state index in [0.717, 1.165) is 25.8 Å². The van der Waals surface area contributed by atoms with Crippen LogP contribution in [0, 0.1) is 0 Å². The fourth-order valence-corrected chi connectivity index (χ4v) is 4.58. The van der Waals surface area contributed by atoms with Crippen molar-refractivity contribution in [1.29, 1.82) is 0 Å². The lowest BCUT2D eigenvalue weighted by atomic mass is 10.0. The predicted octanol–water partition coefficient (Wildman–Crippen LogP) is 0.794. The quantitative estimate of drug-likeness (QED) is 0.821. The van der Waals surface area contributed by atoms with Crippen LogP contribution in [0.2, 0.25) is 0 Å². The van der Waals surface area contributed by atoms with Crippen molar-refractivity contribution < 1.29 is 9.59 Å². The smallest absolute Gasteiger partial charge is 0.270 e. The minimum Gasteiger partial charge on any atom is -0.369 e. The van der Waals surface area contributed by atoms with E-state index in [-0.39, 0.29) is 29.4 Å². The van der Waals surface area contributed by atoms with E-state index >= 15 is 0 Å². The molecule has 0 unspecified atom stereocenters. The largest absolute Gasteiger partial charge is 0.369 e. The summed E-state index contributed by atoms with van der Waals surface area (Å²) in [4.78, 5) is 46.9. The standard InChI is InChI=1S/C16H19N5O3S/c17-16-18-12-10(8-25-13(12)14(23)19-16)15(24)20-6-3-9(4-7-20)21-5-1-2-11(21)22/h8-9H,1-7H2,(H3,17,18,19,23). The Balaban J connectivity index is 1.51. The molecule has 2 amide bonds. The Labute approximate surface area is 147 Å². The van der Waals surface area contributed by atoms with Crippen LogP contribution in [0.5, 0.6) is 0 Å². The molecule has 0 aromatic carbocycles. The third-order valence-electron chi connectivity index (χ3n) is 4.98. The number of nitrogens with two attached hydrogens (primary N) is 1. The molecule has 3 N–H and O–H groups in total. The lowest BCUT2D eigenvalue weighted by Gasteiger charge is -2.36. The van der Waals surface area contributed by atoms with Gasteiger partial charge in [-0.25, -0.2) is 4.98 Å². The van der Waals surface area contributed by atoms with Crippen LogP contribution < -0.4 is 11.3 Å². The Morgan fingerprint density at radius 3 is 2.72 bits per heavy atom. The van der Waals surface area contributed by atoms with Gasteiger partial charge in [0.05, 0.1) is 5.56 Å². The van der Waals surface area contributed by atoms with Gasteiger partial charge in [0.2, 0.25) is 11.9 Å². The molecule has 0 aliphatic carbocycles. The molecule has 25 heavy (non-hydrogen) atoms. The third kappa shape index (κ3) is 2.78. The molecular weight excluding hydrogens is 342 g/mol. The van der Waals surface area contributed by atoms with Crippen molar-refractivity contribution in [1.82, 2.24) is 19.8 Å². The number of amides is 2. The molecule has 132 valence electrons. The molecular formula is C16H19N5O3S. The summed E-state index contributed by atoms with van der Waals surface area (Å²) in [5.74, 6) is 0.110. The highest BCUT2D eigenvalue weighted by Gasteiger charge is 2.32. The highest BCUT2D eigenvalue weighted by molar-refractivity contribution is 7.17. The van der Waals surface area contributed by atoms with Gasteiger partial charge in [-0.2, -0.15) is 0 Å². The average molecular weight is 361 g/mol. The first-order valence-corrected chi connectivity index (χ1v) is 9.28. The number of thiophene rings is 1. The number of nitrogens with one attached hydrogen (secondary N) is 1. The molecule has 2 aliphatic rings. The zero-order valence-corrected chi connectivity index (χ0v) is 14.5. The number of aromatic nitrogens is 2. The Morgan fingerprint density at radius 2 is 2.04 bits per heavy atom. The fraction of sp³-hybridized carbons (Fsp3) is 0.500. The molecule has 9 heteroatoms. The minimum absolute atomic E-state index is 0.0104. The molecule has 8 nitrogen and oxygen atoms in total. The van der Waals surface area contributed by atoms with Crippen LogP contribution in [-0.2, 0) is 4.79 Å². The molecule has 0 spiro atoms. The van der Waals surface area contributed by atoms with Crippen molar-refractivity contribution in [2.75, 3.05) is 25.4 Å². The van der Waals surface area contributed by atoms with Crippen LogP contribution in [-0.4, -0.2) is 57.3 Å². The molecule has 2 fully saturated rings. The van der Waals surface area contributed by atoms with E-state index in [4.69, 9.17) is 5.73 Å². The second-order valence-corrected chi connectivity index (χ2v) is 7.37. The van der Waals surface area contributed by atoms with Crippen molar-refractivity contribution in [3.8, 4) is 0 Å². The average Bonchev–Trinajstić information content (AvgIpc) is 3.21. The maximum absolute atomic E-state index is 12.8. The molecule has 2 aromatic heterocycles. The monoisotopic (exact) mass is 361 g/mol. The highest BCUT2D eigenvalue weighted by Crippen LogP contribution is 2.26.